The molecule has 0 saturated carbocycles. The Hall–Kier alpha value is -1.29. The van der Waals surface area contributed by atoms with Crippen LogP contribution in [0.25, 0.3) is 0 Å². The molecule has 0 aliphatic heterocycles. The van der Waals surface area contributed by atoms with E-state index < -0.39 is 26.8 Å². The molecule has 0 amide bonds. The van der Waals surface area contributed by atoms with Crippen LogP contribution in [-0.4, -0.2) is 66.2 Å². The average molecular weight is 377 g/mol. The number of carbonyl (C=O) groups is 1. The summed E-state index contributed by atoms with van der Waals surface area (Å²) in [6, 6.07) is 4.46. The highest BCUT2D eigenvalue weighted by molar-refractivity contribution is 8.00. The van der Waals surface area contributed by atoms with Crippen molar-refractivity contribution < 1.29 is 28.2 Å². The third kappa shape index (κ3) is 4.62. The van der Waals surface area contributed by atoms with Gasteiger partial charge < -0.3 is 14.9 Å². The molecule has 24 heavy (non-hydrogen) atoms. The van der Waals surface area contributed by atoms with Crippen molar-refractivity contribution in [2.24, 2.45) is 0 Å². The van der Waals surface area contributed by atoms with Crippen molar-refractivity contribution in [1.29, 1.82) is 0 Å². The number of thioether (sulfide) groups is 1. The number of carboxylic acid groups (broad SMARTS) is 1. The van der Waals surface area contributed by atoms with Crippen molar-refractivity contribution in [3.05, 3.63) is 24.3 Å². The highest BCUT2D eigenvalue weighted by Gasteiger charge is 2.43. The van der Waals surface area contributed by atoms with E-state index in [0.717, 1.165) is 4.31 Å². The molecule has 0 fully saturated rings. The van der Waals surface area contributed by atoms with Crippen molar-refractivity contribution in [1.82, 2.24) is 4.31 Å². The van der Waals surface area contributed by atoms with Crippen LogP contribution < -0.4 is 4.74 Å². The molecule has 2 N–H and O–H groups in total. The van der Waals surface area contributed by atoms with E-state index in [4.69, 9.17) is 9.84 Å². The summed E-state index contributed by atoms with van der Waals surface area (Å²) < 4.78 is 30.5. The number of ether oxygens (including phenoxy) is 1. The molecule has 0 saturated heterocycles. The standard InChI is InChI=1S/C15H23NO6S2/c1-15(2,23-10-9-17)13(14(18)19)16(3)24(20,21)12-7-5-11(22-4)6-8-12/h5-8,13,17H,9-10H2,1-4H3,(H,18,19)/t13-/m0/s1. The molecule has 0 spiro atoms. The molecular weight excluding hydrogens is 354 g/mol. The van der Waals surface area contributed by atoms with Crippen LogP contribution in [-0.2, 0) is 14.8 Å². The Balaban J connectivity index is 3.21. The second-order valence-electron chi connectivity index (χ2n) is 5.61. The van der Waals surface area contributed by atoms with Gasteiger partial charge in [0.05, 0.1) is 18.6 Å². The first-order valence-electron chi connectivity index (χ1n) is 7.17. The Bertz CT molecular complexity index is 657. The smallest absolute Gasteiger partial charge is 0.323 e. The molecule has 1 aromatic carbocycles. The number of carboxylic acids is 1. The lowest BCUT2D eigenvalue weighted by atomic mass is 10.0. The lowest BCUT2D eigenvalue weighted by molar-refractivity contribution is -0.141. The van der Waals surface area contributed by atoms with E-state index in [1.54, 1.807) is 13.8 Å². The number of aliphatic carboxylic acids is 1. The van der Waals surface area contributed by atoms with Crippen LogP contribution in [0.3, 0.4) is 0 Å². The summed E-state index contributed by atoms with van der Waals surface area (Å²) in [5.74, 6) is -0.428. The number of likely N-dealkylation sites (N-methyl/N-ethyl adjacent to an activating group) is 1. The van der Waals surface area contributed by atoms with Gasteiger partial charge in [0.15, 0.2) is 0 Å². The Morgan fingerprint density at radius 3 is 2.29 bits per heavy atom. The molecule has 0 unspecified atom stereocenters. The number of hydrogen-bond donors (Lipinski definition) is 2. The predicted molar refractivity (Wildman–Crippen MR) is 93.0 cm³/mol. The fourth-order valence-electron chi connectivity index (χ4n) is 2.33. The summed E-state index contributed by atoms with van der Waals surface area (Å²) in [4.78, 5) is 11.7. The predicted octanol–water partition coefficient (Wildman–Crippen LogP) is 1.27. The van der Waals surface area contributed by atoms with Gasteiger partial charge >= 0.3 is 5.97 Å². The molecule has 7 nitrogen and oxygen atoms in total. The van der Waals surface area contributed by atoms with Gasteiger partial charge in [-0.25, -0.2) is 8.42 Å². The summed E-state index contributed by atoms with van der Waals surface area (Å²) in [7, 11) is -1.28. The molecule has 1 rings (SSSR count). The van der Waals surface area contributed by atoms with Gasteiger partial charge in [-0.05, 0) is 38.1 Å². The number of aliphatic hydroxyl groups is 1. The lowest BCUT2D eigenvalue weighted by Gasteiger charge is -2.36. The van der Waals surface area contributed by atoms with Gasteiger partial charge in [-0.15, -0.1) is 0 Å². The fraction of sp³-hybridized carbons (Fsp3) is 0.533. The molecule has 1 aromatic rings. The molecule has 9 heteroatoms. The third-order valence-electron chi connectivity index (χ3n) is 3.56. The molecule has 1 atom stereocenters. The minimum Gasteiger partial charge on any atom is -0.497 e. The molecule has 0 aliphatic rings. The summed E-state index contributed by atoms with van der Waals surface area (Å²) in [5.41, 5.74) is 0. The zero-order chi connectivity index (χ0) is 18.5. The van der Waals surface area contributed by atoms with Crippen LogP contribution in [0.5, 0.6) is 5.75 Å². The maximum atomic E-state index is 12.8. The van der Waals surface area contributed by atoms with Gasteiger partial charge in [0.1, 0.15) is 11.8 Å². The van der Waals surface area contributed by atoms with Gasteiger partial charge in [-0.3, -0.25) is 4.79 Å². The van der Waals surface area contributed by atoms with Gasteiger partial charge in [-0.1, -0.05) is 0 Å². The second kappa shape index (κ2) is 8.19. The Morgan fingerprint density at radius 2 is 1.88 bits per heavy atom. The maximum Gasteiger partial charge on any atom is 0.323 e. The van der Waals surface area contributed by atoms with Gasteiger partial charge in [0, 0.05) is 17.5 Å². The van der Waals surface area contributed by atoms with E-state index in [2.05, 4.69) is 0 Å². The zero-order valence-electron chi connectivity index (χ0n) is 14.1. The normalized spacial score (nSPS) is 13.8. The van der Waals surface area contributed by atoms with Crippen LogP contribution in [0.15, 0.2) is 29.2 Å². The molecule has 0 bridgehead atoms. The highest BCUT2D eigenvalue weighted by Crippen LogP contribution is 2.33. The van der Waals surface area contributed by atoms with E-state index in [1.165, 1.54) is 50.2 Å². The first-order chi connectivity index (χ1) is 11.1. The van der Waals surface area contributed by atoms with Crippen molar-refractivity contribution in [3.63, 3.8) is 0 Å². The summed E-state index contributed by atoms with van der Waals surface area (Å²) in [5, 5.41) is 18.5. The number of rotatable bonds is 9. The number of methoxy groups -OCH3 is 1. The van der Waals surface area contributed by atoms with Crippen molar-refractivity contribution in [3.8, 4) is 5.75 Å². The summed E-state index contributed by atoms with van der Waals surface area (Å²) in [6.07, 6.45) is 0. The molecule has 0 heterocycles. The number of hydrogen-bond acceptors (Lipinski definition) is 6. The molecule has 0 aliphatic carbocycles. The Kier molecular flexibility index (Phi) is 7.09. The monoisotopic (exact) mass is 377 g/mol. The second-order valence-corrected chi connectivity index (χ2v) is 9.36. The van der Waals surface area contributed by atoms with Crippen molar-refractivity contribution in [2.45, 2.75) is 29.5 Å². The van der Waals surface area contributed by atoms with Crippen molar-refractivity contribution >= 4 is 27.8 Å². The van der Waals surface area contributed by atoms with Crippen LogP contribution in [0.1, 0.15) is 13.8 Å². The molecule has 0 radical (unpaired) electrons. The van der Waals surface area contributed by atoms with Crippen LogP contribution in [0.2, 0.25) is 0 Å². The van der Waals surface area contributed by atoms with Gasteiger partial charge in [0.25, 0.3) is 0 Å². The largest absolute Gasteiger partial charge is 0.497 e. The van der Waals surface area contributed by atoms with E-state index in [0.29, 0.717) is 11.5 Å². The van der Waals surface area contributed by atoms with Crippen molar-refractivity contribution in [2.75, 3.05) is 26.5 Å². The number of nitrogens with zero attached hydrogens (tertiary/aromatic N) is 1. The SMILES string of the molecule is COc1ccc(S(=O)(=O)N(C)[C@@H](C(=O)O)C(C)(C)SCCO)cc1. The van der Waals surface area contributed by atoms with E-state index in [1.807, 2.05) is 0 Å². The number of benzene rings is 1. The Morgan fingerprint density at radius 1 is 1.33 bits per heavy atom. The van der Waals surface area contributed by atoms with Gasteiger partial charge in [-0.2, -0.15) is 16.1 Å². The first kappa shape index (κ1) is 20.8. The molecular formula is C15H23NO6S2. The number of sulfonamides is 1. The highest BCUT2D eigenvalue weighted by atomic mass is 32.2. The van der Waals surface area contributed by atoms with E-state index in [9.17, 15) is 18.3 Å². The van der Waals surface area contributed by atoms with E-state index >= 15 is 0 Å². The summed E-state index contributed by atoms with van der Waals surface area (Å²) >= 11 is 1.20. The quantitative estimate of drug-likeness (QED) is 0.668. The van der Waals surface area contributed by atoms with Crippen LogP contribution in [0, 0.1) is 0 Å². The minimum atomic E-state index is -4.00. The zero-order valence-corrected chi connectivity index (χ0v) is 15.7. The molecule has 136 valence electrons. The van der Waals surface area contributed by atoms with E-state index in [-0.39, 0.29) is 11.5 Å². The maximum absolute atomic E-state index is 12.8. The topological polar surface area (TPSA) is 104 Å². The summed E-state index contributed by atoms with van der Waals surface area (Å²) in [6.45, 7) is 3.17. The van der Waals surface area contributed by atoms with Gasteiger partial charge in [0.2, 0.25) is 10.0 Å². The minimum absolute atomic E-state index is 0.0139. The lowest BCUT2D eigenvalue weighted by Crippen LogP contribution is -2.53. The number of aliphatic hydroxyl groups excluding tert-OH is 1. The Labute approximate surface area is 146 Å². The fourth-order valence-corrected chi connectivity index (χ4v) is 4.88. The average Bonchev–Trinajstić information content (AvgIpc) is 2.52. The third-order valence-corrected chi connectivity index (χ3v) is 6.75. The van der Waals surface area contributed by atoms with Crippen LogP contribution >= 0.6 is 11.8 Å². The van der Waals surface area contributed by atoms with Crippen LogP contribution in [0.4, 0.5) is 0 Å². The molecule has 0 aromatic heterocycles. The first-order valence-corrected chi connectivity index (χ1v) is 9.60.